The first kappa shape index (κ1) is 12.6. The van der Waals surface area contributed by atoms with Gasteiger partial charge in [-0.3, -0.25) is 4.79 Å². The van der Waals surface area contributed by atoms with E-state index in [1.807, 2.05) is 0 Å². The number of carbonyl (C=O) groups is 1. The van der Waals surface area contributed by atoms with Crippen LogP contribution < -0.4 is 0 Å². The predicted octanol–water partition coefficient (Wildman–Crippen LogP) is 4.28. The highest BCUT2D eigenvalue weighted by Gasteiger charge is 2.19. The van der Waals surface area contributed by atoms with Crippen LogP contribution in [-0.4, -0.2) is 5.78 Å². The van der Waals surface area contributed by atoms with E-state index in [2.05, 4.69) is 38.1 Å². The van der Waals surface area contributed by atoms with Crippen LogP contribution in [0.25, 0.3) is 0 Å². The molecule has 0 spiro atoms. The van der Waals surface area contributed by atoms with E-state index in [4.69, 9.17) is 0 Å². The van der Waals surface area contributed by atoms with Gasteiger partial charge in [0.25, 0.3) is 0 Å². The lowest BCUT2D eigenvalue weighted by Gasteiger charge is -2.08. The highest BCUT2D eigenvalue weighted by molar-refractivity contribution is 7.14. The van der Waals surface area contributed by atoms with Crippen LogP contribution in [0.5, 0.6) is 0 Å². The van der Waals surface area contributed by atoms with Crippen LogP contribution >= 0.6 is 11.3 Å². The molecule has 0 bridgehead atoms. The molecule has 0 atom stereocenters. The van der Waals surface area contributed by atoms with Gasteiger partial charge in [0.15, 0.2) is 5.78 Å². The molecular formula is C17H18OS. The maximum atomic E-state index is 12.4. The Bertz CT molecular complexity index is 595. The zero-order valence-corrected chi connectivity index (χ0v) is 12.3. The van der Waals surface area contributed by atoms with Gasteiger partial charge in [0, 0.05) is 11.3 Å². The zero-order chi connectivity index (χ0) is 13.4. The third kappa shape index (κ3) is 2.37. The maximum Gasteiger partial charge on any atom is 0.177 e. The molecule has 1 nitrogen and oxygen atoms in total. The summed E-state index contributed by atoms with van der Waals surface area (Å²) in [5, 5.41) is 0. The monoisotopic (exact) mass is 270 g/mol. The number of aryl methyl sites for hydroxylation is 4. The summed E-state index contributed by atoms with van der Waals surface area (Å²) in [4.78, 5) is 14.8. The lowest BCUT2D eigenvalue weighted by Crippen LogP contribution is -2.04. The van der Waals surface area contributed by atoms with Gasteiger partial charge < -0.3 is 0 Å². The minimum atomic E-state index is 0.275. The van der Waals surface area contributed by atoms with E-state index in [1.54, 1.807) is 11.3 Å². The van der Waals surface area contributed by atoms with Crippen LogP contribution in [-0.2, 0) is 19.3 Å². The number of benzene rings is 1. The van der Waals surface area contributed by atoms with Crippen molar-refractivity contribution in [3.05, 3.63) is 56.3 Å². The second-order valence-electron chi connectivity index (χ2n) is 5.38. The Morgan fingerprint density at radius 3 is 2.63 bits per heavy atom. The zero-order valence-electron chi connectivity index (χ0n) is 11.5. The molecule has 0 saturated carbocycles. The van der Waals surface area contributed by atoms with Crippen molar-refractivity contribution >= 4 is 17.1 Å². The van der Waals surface area contributed by atoms with Crippen molar-refractivity contribution in [3.8, 4) is 0 Å². The second-order valence-corrected chi connectivity index (χ2v) is 6.52. The normalized spacial score (nSPS) is 13.6. The molecule has 19 heavy (non-hydrogen) atoms. The number of hydrogen-bond acceptors (Lipinski definition) is 2. The Hall–Kier alpha value is -1.41. The van der Waals surface area contributed by atoms with Gasteiger partial charge in [0.05, 0.1) is 4.88 Å². The fourth-order valence-corrected chi connectivity index (χ4v) is 4.03. The molecule has 0 unspecified atom stereocenters. The number of carbonyl (C=O) groups excluding carboxylic acids is 1. The van der Waals surface area contributed by atoms with Gasteiger partial charge in [-0.1, -0.05) is 18.2 Å². The topological polar surface area (TPSA) is 17.1 Å². The van der Waals surface area contributed by atoms with Crippen LogP contribution in [0.3, 0.4) is 0 Å². The average Bonchev–Trinajstić information content (AvgIpc) is 2.94. The van der Waals surface area contributed by atoms with E-state index in [0.29, 0.717) is 6.42 Å². The maximum absolute atomic E-state index is 12.4. The minimum Gasteiger partial charge on any atom is -0.293 e. The molecule has 0 amide bonds. The molecule has 1 heterocycles. The average molecular weight is 270 g/mol. The molecule has 1 aromatic carbocycles. The predicted molar refractivity (Wildman–Crippen MR) is 80.3 cm³/mol. The van der Waals surface area contributed by atoms with Crippen molar-refractivity contribution < 1.29 is 4.79 Å². The fraction of sp³-hybridized carbons (Fsp3) is 0.353. The van der Waals surface area contributed by atoms with Crippen molar-refractivity contribution in [2.75, 3.05) is 0 Å². The first-order valence-corrected chi connectivity index (χ1v) is 7.66. The minimum absolute atomic E-state index is 0.275. The van der Waals surface area contributed by atoms with Gasteiger partial charge in [-0.2, -0.15) is 0 Å². The molecule has 98 valence electrons. The lowest BCUT2D eigenvalue weighted by molar-refractivity contribution is 0.0996. The standard InChI is InChI=1S/C17H18OS/c1-11-5-3-6-12(2)14(11)10-15(18)17-9-13-7-4-8-16(13)19-17/h3,5-6,9H,4,7-8,10H2,1-2H3. The van der Waals surface area contributed by atoms with E-state index in [-0.39, 0.29) is 5.78 Å². The highest BCUT2D eigenvalue weighted by Crippen LogP contribution is 2.31. The summed E-state index contributed by atoms with van der Waals surface area (Å²) in [7, 11) is 0. The van der Waals surface area contributed by atoms with Crippen molar-refractivity contribution in [2.24, 2.45) is 0 Å². The molecule has 2 aromatic rings. The summed E-state index contributed by atoms with van der Waals surface area (Å²) < 4.78 is 0. The number of Topliss-reactive ketones (excluding diaryl/α,β-unsaturated/α-hetero) is 1. The number of rotatable bonds is 3. The van der Waals surface area contributed by atoms with E-state index in [1.165, 1.54) is 33.6 Å². The summed E-state index contributed by atoms with van der Waals surface area (Å²) in [6.07, 6.45) is 4.11. The molecule has 0 fully saturated rings. The van der Waals surface area contributed by atoms with Crippen molar-refractivity contribution in [3.63, 3.8) is 0 Å². The Kier molecular flexibility index (Phi) is 3.28. The van der Waals surface area contributed by atoms with Crippen LogP contribution in [0.2, 0.25) is 0 Å². The number of ketones is 1. The largest absolute Gasteiger partial charge is 0.293 e. The van der Waals surface area contributed by atoms with E-state index >= 15 is 0 Å². The van der Waals surface area contributed by atoms with Crippen molar-refractivity contribution in [2.45, 2.75) is 39.5 Å². The fourth-order valence-electron chi connectivity index (χ4n) is 2.84. The van der Waals surface area contributed by atoms with Crippen molar-refractivity contribution in [1.82, 2.24) is 0 Å². The van der Waals surface area contributed by atoms with Gasteiger partial charge in [0.2, 0.25) is 0 Å². The lowest BCUT2D eigenvalue weighted by atomic mass is 9.97. The Morgan fingerprint density at radius 2 is 1.95 bits per heavy atom. The third-order valence-corrected chi connectivity index (χ3v) is 5.28. The molecular weight excluding hydrogens is 252 g/mol. The third-order valence-electron chi connectivity index (χ3n) is 4.00. The van der Waals surface area contributed by atoms with E-state index < -0.39 is 0 Å². The molecule has 1 aromatic heterocycles. The van der Waals surface area contributed by atoms with Gasteiger partial charge in [-0.25, -0.2) is 0 Å². The van der Waals surface area contributed by atoms with Gasteiger partial charge in [0.1, 0.15) is 0 Å². The summed E-state index contributed by atoms with van der Waals surface area (Å²) in [5.74, 6) is 0.275. The van der Waals surface area contributed by atoms with Crippen LogP contribution in [0.15, 0.2) is 24.3 Å². The molecule has 0 radical (unpaired) electrons. The number of thiophene rings is 1. The van der Waals surface area contributed by atoms with E-state index in [0.717, 1.165) is 17.7 Å². The molecule has 2 heteroatoms. The molecule has 1 aliphatic rings. The van der Waals surface area contributed by atoms with Gasteiger partial charge in [-0.15, -0.1) is 11.3 Å². The number of fused-ring (bicyclic) bond motifs is 1. The quantitative estimate of drug-likeness (QED) is 0.761. The first-order valence-electron chi connectivity index (χ1n) is 6.85. The molecule has 0 saturated heterocycles. The van der Waals surface area contributed by atoms with Crippen LogP contribution in [0, 0.1) is 13.8 Å². The molecule has 0 aliphatic heterocycles. The number of hydrogen-bond donors (Lipinski definition) is 0. The smallest absolute Gasteiger partial charge is 0.177 e. The molecule has 0 N–H and O–H groups in total. The van der Waals surface area contributed by atoms with Crippen molar-refractivity contribution in [1.29, 1.82) is 0 Å². The summed E-state index contributed by atoms with van der Waals surface area (Å²) >= 11 is 1.71. The van der Waals surface area contributed by atoms with E-state index in [9.17, 15) is 4.79 Å². The molecule has 3 rings (SSSR count). The first-order chi connectivity index (χ1) is 9.15. The second kappa shape index (κ2) is 4.93. The Balaban J connectivity index is 1.85. The molecule has 1 aliphatic carbocycles. The summed E-state index contributed by atoms with van der Waals surface area (Å²) in [6.45, 7) is 4.17. The highest BCUT2D eigenvalue weighted by atomic mass is 32.1. The Morgan fingerprint density at radius 1 is 1.21 bits per heavy atom. The van der Waals surface area contributed by atoms with Gasteiger partial charge in [-0.05, 0) is 61.4 Å². The van der Waals surface area contributed by atoms with Crippen LogP contribution in [0.4, 0.5) is 0 Å². The van der Waals surface area contributed by atoms with Crippen LogP contribution in [0.1, 0.15) is 43.2 Å². The Labute approximate surface area is 118 Å². The SMILES string of the molecule is Cc1cccc(C)c1CC(=O)c1cc2c(s1)CCC2. The summed E-state index contributed by atoms with van der Waals surface area (Å²) in [6, 6.07) is 8.36. The summed E-state index contributed by atoms with van der Waals surface area (Å²) in [5.41, 5.74) is 5.05. The van der Waals surface area contributed by atoms with Gasteiger partial charge >= 0.3 is 0 Å².